The zero-order valence-electron chi connectivity index (χ0n) is 18.2. The van der Waals surface area contributed by atoms with Crippen LogP contribution in [0.2, 0.25) is 10.0 Å². The van der Waals surface area contributed by atoms with E-state index in [-0.39, 0.29) is 6.54 Å². The van der Waals surface area contributed by atoms with Crippen LogP contribution in [0.15, 0.2) is 42.6 Å². The van der Waals surface area contributed by atoms with Crippen LogP contribution in [0.3, 0.4) is 0 Å². The molecule has 1 unspecified atom stereocenters. The molecule has 2 N–H and O–H groups in total. The highest BCUT2D eigenvalue weighted by atomic mass is 35.5. The lowest BCUT2D eigenvalue weighted by Gasteiger charge is -2.24. The molecule has 1 fully saturated rings. The second kappa shape index (κ2) is 9.82. The fourth-order valence-corrected chi connectivity index (χ4v) is 4.81. The van der Waals surface area contributed by atoms with Gasteiger partial charge in [-0.1, -0.05) is 35.3 Å². The van der Waals surface area contributed by atoms with Crippen LogP contribution < -0.4 is 10.6 Å². The number of aromatic nitrogens is 4. The average molecular weight is 503 g/mol. The first-order chi connectivity index (χ1) is 16.5. The molecule has 2 aromatic carbocycles. The van der Waals surface area contributed by atoms with E-state index in [1.165, 1.54) is 6.07 Å². The second-order valence-electron chi connectivity index (χ2n) is 8.36. The lowest BCUT2D eigenvalue weighted by Crippen LogP contribution is -2.32. The number of hydrogen-bond donors (Lipinski definition) is 2. The molecule has 1 aliphatic rings. The fraction of sp³-hybridized carbons (Fsp3) is 0.292. The number of piperidine rings is 1. The normalized spacial score (nSPS) is 16.2. The smallest absolute Gasteiger partial charge is 0.225 e. The number of hydrogen-bond acceptors (Lipinski definition) is 5. The Morgan fingerprint density at radius 2 is 1.91 bits per heavy atom. The van der Waals surface area contributed by atoms with Crippen molar-refractivity contribution in [1.82, 2.24) is 24.8 Å². The van der Waals surface area contributed by atoms with Gasteiger partial charge in [-0.15, -0.1) is 0 Å². The zero-order valence-corrected chi connectivity index (χ0v) is 19.7. The van der Waals surface area contributed by atoms with E-state index < -0.39 is 11.6 Å². The Morgan fingerprint density at radius 3 is 2.65 bits per heavy atom. The number of fused-ring (bicyclic) bond motifs is 1. The van der Waals surface area contributed by atoms with Crippen molar-refractivity contribution in [3.8, 4) is 11.4 Å². The molecule has 4 aromatic rings. The summed E-state index contributed by atoms with van der Waals surface area (Å²) < 4.78 is 28.8. The molecule has 0 saturated carbocycles. The van der Waals surface area contributed by atoms with E-state index in [9.17, 15) is 8.78 Å². The van der Waals surface area contributed by atoms with Crippen molar-refractivity contribution >= 4 is 40.3 Å². The van der Waals surface area contributed by atoms with Crippen molar-refractivity contribution < 1.29 is 8.78 Å². The summed E-state index contributed by atoms with van der Waals surface area (Å²) in [5.74, 6) is -0.371. The van der Waals surface area contributed by atoms with E-state index in [0.717, 1.165) is 38.1 Å². The van der Waals surface area contributed by atoms with Gasteiger partial charge in [-0.3, -0.25) is 0 Å². The summed E-state index contributed by atoms with van der Waals surface area (Å²) >= 11 is 13.0. The van der Waals surface area contributed by atoms with Crippen molar-refractivity contribution in [3.63, 3.8) is 0 Å². The van der Waals surface area contributed by atoms with Crippen molar-refractivity contribution in [2.75, 3.05) is 18.4 Å². The fourth-order valence-electron chi connectivity index (χ4n) is 4.25. The van der Waals surface area contributed by atoms with Crippen LogP contribution in [0.5, 0.6) is 0 Å². The largest absolute Gasteiger partial charge is 0.350 e. The van der Waals surface area contributed by atoms with Gasteiger partial charge < -0.3 is 15.2 Å². The van der Waals surface area contributed by atoms with Gasteiger partial charge in [0.15, 0.2) is 17.3 Å². The Morgan fingerprint density at radius 1 is 1.09 bits per heavy atom. The molecule has 2 aromatic heterocycles. The maximum atomic E-state index is 13.5. The van der Waals surface area contributed by atoms with E-state index in [2.05, 4.69) is 15.6 Å². The quantitative estimate of drug-likeness (QED) is 0.354. The summed E-state index contributed by atoms with van der Waals surface area (Å²) in [6.45, 7) is 2.86. The molecule has 10 heteroatoms. The van der Waals surface area contributed by atoms with E-state index in [4.69, 9.17) is 33.2 Å². The second-order valence-corrected chi connectivity index (χ2v) is 9.17. The Kier molecular flexibility index (Phi) is 6.63. The number of imidazole rings is 1. The van der Waals surface area contributed by atoms with Crippen molar-refractivity contribution in [1.29, 1.82) is 0 Å². The molecule has 3 heterocycles. The van der Waals surface area contributed by atoms with Crippen molar-refractivity contribution in [2.24, 2.45) is 5.92 Å². The van der Waals surface area contributed by atoms with Gasteiger partial charge >= 0.3 is 0 Å². The van der Waals surface area contributed by atoms with Crippen LogP contribution in [-0.4, -0.2) is 32.6 Å². The maximum absolute atomic E-state index is 13.5. The number of rotatable bonds is 6. The maximum Gasteiger partial charge on any atom is 0.225 e. The Hall–Kier alpha value is -2.81. The molecular formula is C24H22Cl2F2N6. The van der Waals surface area contributed by atoms with E-state index in [0.29, 0.717) is 56.6 Å². The van der Waals surface area contributed by atoms with Gasteiger partial charge in [0.05, 0.1) is 21.8 Å². The van der Waals surface area contributed by atoms with E-state index in [1.54, 1.807) is 24.4 Å². The number of nitrogens with one attached hydrogen (secondary N) is 2. The Bertz CT molecular complexity index is 1320. The molecular weight excluding hydrogens is 481 g/mol. The molecule has 34 heavy (non-hydrogen) atoms. The summed E-state index contributed by atoms with van der Waals surface area (Å²) in [6, 6.07) is 9.14. The van der Waals surface area contributed by atoms with Crippen LogP contribution in [-0.2, 0) is 13.1 Å². The Labute approximate surface area is 205 Å². The molecule has 0 aliphatic carbocycles. The summed E-state index contributed by atoms with van der Waals surface area (Å²) in [4.78, 5) is 13.8. The van der Waals surface area contributed by atoms with Crippen molar-refractivity contribution in [2.45, 2.75) is 25.9 Å². The molecule has 0 bridgehead atoms. The van der Waals surface area contributed by atoms with Gasteiger partial charge in [-0.05, 0) is 61.7 Å². The lowest BCUT2D eigenvalue weighted by molar-refractivity contribution is 0.341. The molecule has 1 saturated heterocycles. The minimum atomic E-state index is -0.893. The Balaban J connectivity index is 1.52. The average Bonchev–Trinajstić information content (AvgIpc) is 3.17. The third-order valence-electron chi connectivity index (χ3n) is 5.95. The lowest BCUT2D eigenvalue weighted by atomic mass is 9.99. The number of benzene rings is 2. The van der Waals surface area contributed by atoms with Crippen LogP contribution in [0.4, 0.5) is 14.7 Å². The summed E-state index contributed by atoms with van der Waals surface area (Å²) in [7, 11) is 0. The molecule has 6 nitrogen and oxygen atoms in total. The van der Waals surface area contributed by atoms with Crippen molar-refractivity contribution in [3.05, 3.63) is 69.8 Å². The molecule has 1 aliphatic heterocycles. The standard InChI is InChI=1S/C24H22Cl2F2N6/c25-16-4-1-5-17(26)21(16)23-32-20-12-31-24(30-11-14-6-7-18(27)19(28)9-14)33-22(20)34(23)13-15-3-2-8-29-10-15/h1,4-7,9,12,15,29H,2-3,8,10-11,13H2,(H,30,31,33). The predicted molar refractivity (Wildman–Crippen MR) is 130 cm³/mol. The first-order valence-corrected chi connectivity index (χ1v) is 11.8. The minimum Gasteiger partial charge on any atom is -0.350 e. The van der Waals surface area contributed by atoms with E-state index in [1.807, 2.05) is 4.57 Å². The van der Waals surface area contributed by atoms with E-state index >= 15 is 0 Å². The summed E-state index contributed by atoms with van der Waals surface area (Å²) in [5.41, 5.74) is 2.50. The number of anilines is 1. The molecule has 1 atom stereocenters. The molecule has 5 rings (SSSR count). The van der Waals surface area contributed by atoms with Gasteiger partial charge in [-0.2, -0.15) is 4.98 Å². The topological polar surface area (TPSA) is 67.7 Å². The first-order valence-electron chi connectivity index (χ1n) is 11.1. The van der Waals surface area contributed by atoms with Crippen LogP contribution in [0.25, 0.3) is 22.6 Å². The molecule has 176 valence electrons. The summed E-state index contributed by atoms with van der Waals surface area (Å²) in [5, 5.41) is 7.55. The molecule has 0 spiro atoms. The number of nitrogens with zero attached hydrogens (tertiary/aromatic N) is 4. The zero-order chi connectivity index (χ0) is 23.7. The SMILES string of the molecule is Fc1ccc(CNc2ncc3nc(-c4c(Cl)cccc4Cl)n(CC4CCCNC4)c3n2)cc1F. The predicted octanol–water partition coefficient (Wildman–Crippen LogP) is 5.69. The van der Waals surface area contributed by atoms with Gasteiger partial charge in [0.2, 0.25) is 5.95 Å². The van der Waals surface area contributed by atoms with Crippen LogP contribution in [0.1, 0.15) is 18.4 Å². The first kappa shape index (κ1) is 23.0. The third-order valence-corrected chi connectivity index (χ3v) is 6.58. The van der Waals surface area contributed by atoms with Gasteiger partial charge in [0.25, 0.3) is 0 Å². The highest BCUT2D eigenvalue weighted by Crippen LogP contribution is 2.36. The monoisotopic (exact) mass is 502 g/mol. The van der Waals surface area contributed by atoms with Gasteiger partial charge in [-0.25, -0.2) is 18.7 Å². The number of halogens is 4. The highest BCUT2D eigenvalue weighted by Gasteiger charge is 2.23. The molecule has 0 radical (unpaired) electrons. The minimum absolute atomic E-state index is 0.243. The van der Waals surface area contributed by atoms with Gasteiger partial charge in [0.1, 0.15) is 11.3 Å². The van der Waals surface area contributed by atoms with Crippen LogP contribution in [0, 0.1) is 17.6 Å². The summed E-state index contributed by atoms with van der Waals surface area (Å²) in [6.07, 6.45) is 3.84. The van der Waals surface area contributed by atoms with Crippen LogP contribution >= 0.6 is 23.2 Å². The third kappa shape index (κ3) is 4.71. The molecule has 0 amide bonds. The van der Waals surface area contributed by atoms with Gasteiger partial charge in [0, 0.05) is 13.1 Å². The highest BCUT2D eigenvalue weighted by molar-refractivity contribution is 6.39.